The van der Waals surface area contributed by atoms with E-state index in [1.54, 1.807) is 0 Å². The third kappa shape index (κ3) is 3.86. The lowest BCUT2D eigenvalue weighted by atomic mass is 10.1. The van der Waals surface area contributed by atoms with Gasteiger partial charge in [0.25, 0.3) is 0 Å². The lowest BCUT2D eigenvalue weighted by molar-refractivity contribution is 0.570. The molecule has 0 saturated carbocycles. The van der Waals surface area contributed by atoms with Crippen molar-refractivity contribution in [3.05, 3.63) is 34.9 Å². The number of anilines is 3. The zero-order valence-corrected chi connectivity index (χ0v) is 15.9. The van der Waals surface area contributed by atoms with Crippen LogP contribution in [-0.4, -0.2) is 54.4 Å². The molecule has 2 aromatic heterocycles. The molecular formula is C18H23BrN6. The molecule has 2 aliphatic rings. The topological polar surface area (TPSA) is 48.4 Å². The van der Waals surface area contributed by atoms with E-state index < -0.39 is 0 Å². The van der Waals surface area contributed by atoms with Gasteiger partial charge in [0.2, 0.25) is 0 Å². The standard InChI is InChI=1S/C18H23BrN6/c19-15-4-5-16(20-14-15)24-10-12-25(13-11-24)18-7-6-17(21-22-18)23-8-2-1-3-9-23/h4-7,14H,1-3,8-13H2. The minimum atomic E-state index is 0.940. The van der Waals surface area contributed by atoms with E-state index in [1.165, 1.54) is 19.3 Å². The van der Waals surface area contributed by atoms with Gasteiger partial charge in [0.15, 0.2) is 11.6 Å². The molecule has 4 rings (SSSR count). The Bertz CT molecular complexity index is 676. The van der Waals surface area contributed by atoms with Gasteiger partial charge in [0.05, 0.1) is 0 Å². The maximum absolute atomic E-state index is 4.49. The van der Waals surface area contributed by atoms with Gasteiger partial charge >= 0.3 is 0 Å². The molecule has 4 heterocycles. The average molecular weight is 403 g/mol. The van der Waals surface area contributed by atoms with Gasteiger partial charge in [-0.3, -0.25) is 0 Å². The second-order valence-corrected chi connectivity index (χ2v) is 7.52. The van der Waals surface area contributed by atoms with Gasteiger partial charge in [0, 0.05) is 49.9 Å². The number of piperazine rings is 1. The van der Waals surface area contributed by atoms with Gasteiger partial charge < -0.3 is 14.7 Å². The van der Waals surface area contributed by atoms with Crippen LogP contribution in [0.2, 0.25) is 0 Å². The summed E-state index contributed by atoms with van der Waals surface area (Å²) in [5, 5.41) is 8.95. The molecule has 2 saturated heterocycles. The Kier molecular flexibility index (Phi) is 5.01. The van der Waals surface area contributed by atoms with Gasteiger partial charge in [-0.05, 0) is 59.5 Å². The molecule has 6 nitrogen and oxygen atoms in total. The van der Waals surface area contributed by atoms with Crippen molar-refractivity contribution in [2.45, 2.75) is 19.3 Å². The maximum Gasteiger partial charge on any atom is 0.151 e. The van der Waals surface area contributed by atoms with Crippen LogP contribution < -0.4 is 14.7 Å². The molecule has 0 unspecified atom stereocenters. The van der Waals surface area contributed by atoms with Crippen LogP contribution >= 0.6 is 15.9 Å². The summed E-state index contributed by atoms with van der Waals surface area (Å²) in [5.41, 5.74) is 0. The van der Waals surface area contributed by atoms with Crippen molar-refractivity contribution in [1.82, 2.24) is 15.2 Å². The van der Waals surface area contributed by atoms with Crippen molar-refractivity contribution < 1.29 is 0 Å². The highest BCUT2D eigenvalue weighted by Gasteiger charge is 2.20. The molecule has 0 aliphatic carbocycles. The van der Waals surface area contributed by atoms with Crippen LogP contribution in [0.4, 0.5) is 17.5 Å². The smallest absolute Gasteiger partial charge is 0.151 e. The number of piperidine rings is 1. The summed E-state index contributed by atoms with van der Waals surface area (Å²) < 4.78 is 1.01. The number of pyridine rings is 1. The SMILES string of the molecule is Brc1ccc(N2CCN(c3ccc(N4CCCCC4)nn3)CC2)nc1. The minimum Gasteiger partial charge on any atom is -0.355 e. The Morgan fingerprint density at radius 1 is 0.640 bits per heavy atom. The van der Waals surface area contributed by atoms with E-state index in [1.807, 2.05) is 12.3 Å². The summed E-state index contributed by atoms with van der Waals surface area (Å²) in [4.78, 5) is 11.5. The van der Waals surface area contributed by atoms with E-state index in [2.05, 4.69) is 64.0 Å². The number of aromatic nitrogens is 3. The lowest BCUT2D eigenvalue weighted by Gasteiger charge is -2.36. The summed E-state index contributed by atoms with van der Waals surface area (Å²) in [5.74, 6) is 3.03. The van der Waals surface area contributed by atoms with Gasteiger partial charge in [-0.1, -0.05) is 0 Å². The first-order valence-corrected chi connectivity index (χ1v) is 9.79. The van der Waals surface area contributed by atoms with E-state index >= 15 is 0 Å². The molecule has 2 aromatic rings. The number of nitrogens with zero attached hydrogens (tertiary/aromatic N) is 6. The van der Waals surface area contributed by atoms with Gasteiger partial charge in [-0.15, -0.1) is 10.2 Å². The van der Waals surface area contributed by atoms with Gasteiger partial charge in [-0.25, -0.2) is 4.98 Å². The summed E-state index contributed by atoms with van der Waals surface area (Å²) in [6, 6.07) is 8.34. The van der Waals surface area contributed by atoms with Crippen LogP contribution in [0.15, 0.2) is 34.9 Å². The monoisotopic (exact) mass is 402 g/mol. The van der Waals surface area contributed by atoms with Crippen molar-refractivity contribution in [2.24, 2.45) is 0 Å². The molecule has 0 aromatic carbocycles. The van der Waals surface area contributed by atoms with Crippen molar-refractivity contribution in [3.8, 4) is 0 Å². The molecule has 0 radical (unpaired) electrons. The predicted molar refractivity (Wildman–Crippen MR) is 104 cm³/mol. The van der Waals surface area contributed by atoms with Crippen LogP contribution in [0.5, 0.6) is 0 Å². The second-order valence-electron chi connectivity index (χ2n) is 6.61. The van der Waals surface area contributed by atoms with Gasteiger partial charge in [-0.2, -0.15) is 0 Å². The third-order valence-corrected chi connectivity index (χ3v) is 5.42. The molecule has 132 valence electrons. The Hall–Kier alpha value is -1.89. The van der Waals surface area contributed by atoms with E-state index in [0.29, 0.717) is 0 Å². The van der Waals surface area contributed by atoms with Crippen molar-refractivity contribution in [1.29, 1.82) is 0 Å². The molecule has 2 fully saturated rings. The molecule has 2 aliphatic heterocycles. The van der Waals surface area contributed by atoms with Crippen LogP contribution in [0, 0.1) is 0 Å². The number of hydrogen-bond acceptors (Lipinski definition) is 6. The Balaban J connectivity index is 1.36. The summed E-state index contributed by atoms with van der Waals surface area (Å²) in [7, 11) is 0. The van der Waals surface area contributed by atoms with E-state index in [-0.39, 0.29) is 0 Å². The predicted octanol–water partition coefficient (Wildman–Crippen LogP) is 2.95. The van der Waals surface area contributed by atoms with E-state index in [9.17, 15) is 0 Å². The molecule has 0 spiro atoms. The normalized spacial score (nSPS) is 18.5. The van der Waals surface area contributed by atoms with Crippen molar-refractivity contribution in [3.63, 3.8) is 0 Å². The molecule has 0 N–H and O–H groups in total. The largest absolute Gasteiger partial charge is 0.355 e. The number of halogens is 1. The highest BCUT2D eigenvalue weighted by molar-refractivity contribution is 9.10. The molecule has 0 atom stereocenters. The summed E-state index contributed by atoms with van der Waals surface area (Å²) >= 11 is 3.44. The van der Waals surface area contributed by atoms with Crippen LogP contribution in [0.3, 0.4) is 0 Å². The highest BCUT2D eigenvalue weighted by Crippen LogP contribution is 2.21. The molecule has 7 heteroatoms. The number of hydrogen-bond donors (Lipinski definition) is 0. The van der Waals surface area contributed by atoms with Crippen LogP contribution in [0.1, 0.15) is 19.3 Å². The second kappa shape index (κ2) is 7.56. The summed E-state index contributed by atoms with van der Waals surface area (Å²) in [6.07, 6.45) is 5.71. The molecule has 25 heavy (non-hydrogen) atoms. The van der Waals surface area contributed by atoms with E-state index in [0.717, 1.165) is 61.2 Å². The Morgan fingerprint density at radius 3 is 1.68 bits per heavy atom. The molecular weight excluding hydrogens is 380 g/mol. The first kappa shape index (κ1) is 16.6. The molecule has 0 bridgehead atoms. The van der Waals surface area contributed by atoms with Crippen molar-refractivity contribution in [2.75, 3.05) is 54.0 Å². The average Bonchev–Trinajstić information content (AvgIpc) is 2.70. The molecule has 0 amide bonds. The Labute approximate surface area is 157 Å². The van der Waals surface area contributed by atoms with E-state index in [4.69, 9.17) is 0 Å². The fourth-order valence-corrected chi connectivity index (χ4v) is 3.73. The fraction of sp³-hybridized carbons (Fsp3) is 0.500. The fourth-order valence-electron chi connectivity index (χ4n) is 3.50. The van der Waals surface area contributed by atoms with Gasteiger partial charge in [0.1, 0.15) is 5.82 Å². The Morgan fingerprint density at radius 2 is 1.16 bits per heavy atom. The van der Waals surface area contributed by atoms with Crippen LogP contribution in [0.25, 0.3) is 0 Å². The van der Waals surface area contributed by atoms with Crippen LogP contribution in [-0.2, 0) is 0 Å². The maximum atomic E-state index is 4.49. The quantitative estimate of drug-likeness (QED) is 0.786. The zero-order valence-electron chi connectivity index (χ0n) is 14.3. The summed E-state index contributed by atoms with van der Waals surface area (Å²) in [6.45, 7) is 5.99. The third-order valence-electron chi connectivity index (χ3n) is 4.96. The van der Waals surface area contributed by atoms with Crippen molar-refractivity contribution >= 4 is 33.4 Å². The first-order chi connectivity index (χ1) is 12.3. The first-order valence-electron chi connectivity index (χ1n) is 9.00. The lowest BCUT2D eigenvalue weighted by Crippen LogP contribution is -2.47. The zero-order chi connectivity index (χ0) is 17.1. The highest BCUT2D eigenvalue weighted by atomic mass is 79.9. The minimum absolute atomic E-state index is 0.940. The number of rotatable bonds is 3.